The van der Waals surface area contributed by atoms with Crippen molar-refractivity contribution in [3.63, 3.8) is 0 Å². The summed E-state index contributed by atoms with van der Waals surface area (Å²) in [5, 5.41) is 0.152. The highest BCUT2D eigenvalue weighted by Crippen LogP contribution is 2.31. The molecule has 2 rings (SSSR count). The normalized spacial score (nSPS) is 10.2. The molecule has 0 aliphatic heterocycles. The van der Waals surface area contributed by atoms with Crippen LogP contribution in [0.15, 0.2) is 35.1 Å². The van der Waals surface area contributed by atoms with Gasteiger partial charge in [0.2, 0.25) is 0 Å². The highest BCUT2D eigenvalue weighted by atomic mass is 79.9. The van der Waals surface area contributed by atoms with Gasteiger partial charge < -0.3 is 4.74 Å². The molecule has 1 aromatic carbocycles. The van der Waals surface area contributed by atoms with Crippen LogP contribution in [0.1, 0.15) is 0 Å². The van der Waals surface area contributed by atoms with Gasteiger partial charge in [-0.2, -0.15) is 0 Å². The minimum Gasteiger partial charge on any atom is -0.435 e. The summed E-state index contributed by atoms with van der Waals surface area (Å²) in [6.45, 7) is 0. The summed E-state index contributed by atoms with van der Waals surface area (Å²) in [4.78, 5) is 7.72. The first-order chi connectivity index (χ1) is 7.66. The zero-order valence-electron chi connectivity index (χ0n) is 7.82. The van der Waals surface area contributed by atoms with Crippen molar-refractivity contribution in [2.45, 2.75) is 0 Å². The van der Waals surface area contributed by atoms with Gasteiger partial charge in [0.1, 0.15) is 11.6 Å². The molecule has 1 aromatic heterocycles. The Morgan fingerprint density at radius 3 is 2.69 bits per heavy atom. The molecule has 2 aromatic rings. The Balaban J connectivity index is 2.31. The maximum absolute atomic E-state index is 12.8. The standard InChI is InChI=1S/C10H5BrClFN2O/c11-7-5-6(13)1-2-8(7)16-10-9(12)14-3-4-15-10/h1-5H. The largest absolute Gasteiger partial charge is 0.435 e. The maximum Gasteiger partial charge on any atom is 0.257 e. The number of hydrogen-bond donors (Lipinski definition) is 0. The lowest BCUT2D eigenvalue weighted by molar-refractivity contribution is 0.456. The monoisotopic (exact) mass is 302 g/mol. The smallest absolute Gasteiger partial charge is 0.257 e. The summed E-state index contributed by atoms with van der Waals surface area (Å²) in [5.74, 6) is 0.241. The number of hydrogen-bond acceptors (Lipinski definition) is 3. The van der Waals surface area contributed by atoms with Crippen LogP contribution >= 0.6 is 27.5 Å². The lowest BCUT2D eigenvalue weighted by Crippen LogP contribution is -1.91. The van der Waals surface area contributed by atoms with Gasteiger partial charge in [0, 0.05) is 12.4 Å². The Kier molecular flexibility index (Phi) is 3.36. The highest BCUT2D eigenvalue weighted by Gasteiger charge is 2.08. The van der Waals surface area contributed by atoms with Crippen molar-refractivity contribution in [1.82, 2.24) is 9.97 Å². The van der Waals surface area contributed by atoms with Crippen molar-refractivity contribution in [2.24, 2.45) is 0 Å². The van der Waals surface area contributed by atoms with Crippen molar-refractivity contribution in [2.75, 3.05) is 0 Å². The van der Waals surface area contributed by atoms with Crippen LogP contribution in [0.2, 0.25) is 5.15 Å². The molecule has 0 amide bonds. The van der Waals surface area contributed by atoms with E-state index in [1.54, 1.807) is 0 Å². The van der Waals surface area contributed by atoms with E-state index in [9.17, 15) is 4.39 Å². The van der Waals surface area contributed by atoms with E-state index < -0.39 is 0 Å². The van der Waals surface area contributed by atoms with Crippen LogP contribution in [0.25, 0.3) is 0 Å². The van der Waals surface area contributed by atoms with Crippen LogP contribution in [-0.4, -0.2) is 9.97 Å². The topological polar surface area (TPSA) is 35.0 Å². The van der Waals surface area contributed by atoms with Crippen LogP contribution in [0, 0.1) is 5.82 Å². The van der Waals surface area contributed by atoms with E-state index in [1.807, 2.05) is 0 Å². The molecule has 0 saturated heterocycles. The van der Waals surface area contributed by atoms with E-state index in [0.29, 0.717) is 10.2 Å². The van der Waals surface area contributed by atoms with E-state index in [0.717, 1.165) is 0 Å². The van der Waals surface area contributed by atoms with Crippen molar-refractivity contribution >= 4 is 27.5 Å². The summed E-state index contributed by atoms with van der Waals surface area (Å²) in [6, 6.07) is 4.05. The third kappa shape index (κ3) is 2.48. The Hall–Kier alpha value is -1.20. The summed E-state index contributed by atoms with van der Waals surface area (Å²) in [5.41, 5.74) is 0. The second kappa shape index (κ2) is 4.76. The quantitative estimate of drug-likeness (QED) is 0.846. The summed E-state index contributed by atoms with van der Waals surface area (Å²) in [6.07, 6.45) is 2.91. The van der Waals surface area contributed by atoms with E-state index >= 15 is 0 Å². The Labute approximate surface area is 104 Å². The van der Waals surface area contributed by atoms with Gasteiger partial charge >= 0.3 is 0 Å². The van der Waals surface area contributed by atoms with Gasteiger partial charge in [-0.25, -0.2) is 14.4 Å². The number of ether oxygens (including phenoxy) is 1. The van der Waals surface area contributed by atoms with Gasteiger partial charge in [0.05, 0.1) is 4.47 Å². The van der Waals surface area contributed by atoms with Crippen molar-refractivity contribution in [1.29, 1.82) is 0 Å². The first kappa shape index (κ1) is 11.3. The number of benzene rings is 1. The molecule has 16 heavy (non-hydrogen) atoms. The fourth-order valence-electron chi connectivity index (χ4n) is 1.04. The minimum atomic E-state index is -0.357. The molecular formula is C10H5BrClFN2O. The number of halogens is 3. The van der Waals surface area contributed by atoms with Gasteiger partial charge in [-0.05, 0) is 34.1 Å². The molecule has 0 unspecified atom stereocenters. The van der Waals surface area contributed by atoms with E-state index in [4.69, 9.17) is 16.3 Å². The van der Waals surface area contributed by atoms with Crippen LogP contribution in [0.5, 0.6) is 11.6 Å². The third-order valence-electron chi connectivity index (χ3n) is 1.72. The first-order valence-corrected chi connectivity index (χ1v) is 5.43. The Morgan fingerprint density at radius 2 is 2.00 bits per heavy atom. The first-order valence-electron chi connectivity index (χ1n) is 4.26. The number of aromatic nitrogens is 2. The number of nitrogens with zero attached hydrogens (tertiary/aromatic N) is 2. The van der Waals surface area contributed by atoms with Gasteiger partial charge in [-0.1, -0.05) is 11.6 Å². The van der Waals surface area contributed by atoms with Crippen LogP contribution in [0.3, 0.4) is 0 Å². The molecule has 0 spiro atoms. The molecule has 0 aliphatic rings. The van der Waals surface area contributed by atoms with Crippen LogP contribution in [-0.2, 0) is 0 Å². The van der Waals surface area contributed by atoms with Gasteiger partial charge in [-0.3, -0.25) is 0 Å². The third-order valence-corrected chi connectivity index (χ3v) is 2.60. The molecule has 0 N–H and O–H groups in total. The van der Waals surface area contributed by atoms with Crippen molar-refractivity contribution in [3.05, 3.63) is 46.0 Å². The van der Waals surface area contributed by atoms with E-state index in [1.165, 1.54) is 30.6 Å². The molecule has 1 heterocycles. The fraction of sp³-hybridized carbons (Fsp3) is 0. The molecular weight excluding hydrogens is 298 g/mol. The Morgan fingerprint density at radius 1 is 1.25 bits per heavy atom. The molecule has 82 valence electrons. The van der Waals surface area contributed by atoms with Gasteiger partial charge in [0.25, 0.3) is 5.88 Å². The maximum atomic E-state index is 12.8. The summed E-state index contributed by atoms with van der Waals surface area (Å²) < 4.78 is 18.7. The summed E-state index contributed by atoms with van der Waals surface area (Å²) in [7, 11) is 0. The van der Waals surface area contributed by atoms with Crippen LogP contribution < -0.4 is 4.74 Å². The SMILES string of the molecule is Fc1ccc(Oc2nccnc2Cl)c(Br)c1. The van der Waals surface area contributed by atoms with E-state index in [-0.39, 0.29) is 16.9 Å². The van der Waals surface area contributed by atoms with Gasteiger partial charge in [0.15, 0.2) is 5.15 Å². The molecule has 0 radical (unpaired) electrons. The number of rotatable bonds is 2. The molecule has 6 heteroatoms. The van der Waals surface area contributed by atoms with Crippen molar-refractivity contribution < 1.29 is 9.13 Å². The molecule has 0 bridgehead atoms. The van der Waals surface area contributed by atoms with Crippen LogP contribution in [0.4, 0.5) is 4.39 Å². The lowest BCUT2D eigenvalue weighted by atomic mass is 10.3. The van der Waals surface area contributed by atoms with E-state index in [2.05, 4.69) is 25.9 Å². The average Bonchev–Trinajstić information content (AvgIpc) is 2.25. The fourth-order valence-corrected chi connectivity index (χ4v) is 1.61. The zero-order chi connectivity index (χ0) is 11.5. The van der Waals surface area contributed by atoms with Gasteiger partial charge in [-0.15, -0.1) is 0 Å². The lowest BCUT2D eigenvalue weighted by Gasteiger charge is -2.06. The molecule has 0 atom stereocenters. The second-order valence-corrected chi connectivity index (χ2v) is 4.04. The summed E-state index contributed by atoms with van der Waals surface area (Å²) >= 11 is 8.94. The molecule has 0 saturated carbocycles. The molecule has 3 nitrogen and oxygen atoms in total. The molecule has 0 fully saturated rings. The molecule has 0 aliphatic carbocycles. The second-order valence-electron chi connectivity index (χ2n) is 2.83. The minimum absolute atomic E-state index is 0.152. The highest BCUT2D eigenvalue weighted by molar-refractivity contribution is 9.10. The Bertz CT molecular complexity index is 524. The predicted molar refractivity (Wildman–Crippen MR) is 61.2 cm³/mol. The zero-order valence-corrected chi connectivity index (χ0v) is 10.2. The van der Waals surface area contributed by atoms with Crippen molar-refractivity contribution in [3.8, 4) is 11.6 Å². The average molecular weight is 304 g/mol. The predicted octanol–water partition coefficient (Wildman–Crippen LogP) is 3.82.